The third kappa shape index (κ3) is 4.67. The normalized spacial score (nSPS) is 19.5. The van der Waals surface area contributed by atoms with Crippen LogP contribution in [-0.4, -0.2) is 34.0 Å². The number of carbonyl (C=O) groups is 2. The number of hydrogen-bond donors (Lipinski definition) is 1. The van der Waals surface area contributed by atoms with Crippen molar-refractivity contribution in [1.82, 2.24) is 10.2 Å². The van der Waals surface area contributed by atoms with Gasteiger partial charge in [-0.2, -0.15) is 0 Å². The van der Waals surface area contributed by atoms with Gasteiger partial charge in [0.15, 0.2) is 0 Å². The predicted molar refractivity (Wildman–Crippen MR) is 111 cm³/mol. The second-order valence-electron chi connectivity index (χ2n) is 7.71. The third-order valence-corrected chi connectivity index (χ3v) is 5.86. The summed E-state index contributed by atoms with van der Waals surface area (Å²) in [6, 6.07) is 12.0. The maximum atomic E-state index is 13.4. The highest BCUT2D eigenvalue weighted by atomic mass is 35.5. The van der Waals surface area contributed by atoms with E-state index < -0.39 is 11.6 Å². The van der Waals surface area contributed by atoms with Crippen LogP contribution in [0.3, 0.4) is 0 Å². The smallest absolute Gasteiger partial charge is 0.255 e. The summed E-state index contributed by atoms with van der Waals surface area (Å²) in [5.74, 6) is -0.343. The minimum atomic E-state index is -0.623. The summed E-state index contributed by atoms with van der Waals surface area (Å²) in [5.41, 5.74) is 0.817. The van der Waals surface area contributed by atoms with Crippen LogP contribution < -0.4 is 5.32 Å². The van der Waals surface area contributed by atoms with E-state index in [0.29, 0.717) is 16.3 Å². The van der Waals surface area contributed by atoms with Gasteiger partial charge in [-0.1, -0.05) is 23.7 Å². The van der Waals surface area contributed by atoms with E-state index in [0.717, 1.165) is 5.56 Å². The Morgan fingerprint density at radius 2 is 1.71 bits per heavy atom. The lowest BCUT2D eigenvalue weighted by atomic mass is 10.1. The van der Waals surface area contributed by atoms with Crippen LogP contribution in [-0.2, 0) is 4.79 Å². The van der Waals surface area contributed by atoms with E-state index >= 15 is 0 Å². The van der Waals surface area contributed by atoms with Crippen LogP contribution in [0.25, 0.3) is 0 Å². The minimum absolute atomic E-state index is 0.202. The Labute approximate surface area is 173 Å². The van der Waals surface area contributed by atoms with Gasteiger partial charge in [0.25, 0.3) is 5.91 Å². The molecule has 0 bridgehead atoms. The highest BCUT2D eigenvalue weighted by Crippen LogP contribution is 2.42. The zero-order chi connectivity index (χ0) is 20.5. The fourth-order valence-electron chi connectivity index (χ4n) is 3.04. The molecule has 1 aliphatic rings. The van der Waals surface area contributed by atoms with Gasteiger partial charge in [0.05, 0.1) is 0 Å². The topological polar surface area (TPSA) is 49.4 Å². The lowest BCUT2D eigenvalue weighted by Gasteiger charge is -2.31. The van der Waals surface area contributed by atoms with E-state index in [-0.39, 0.29) is 23.0 Å². The maximum absolute atomic E-state index is 13.4. The standard InChI is InChI=1S/C21H22ClFN2O2S/c1-21(2,3)24-18(26)17-12-28-20(14-6-10-16(23)11-7-14)25(17)19(27)13-4-8-15(22)9-5-13/h4-11,17,20H,12H2,1-3H3,(H,24,26). The molecule has 2 atom stereocenters. The molecule has 2 aromatic rings. The fourth-order valence-corrected chi connectivity index (χ4v) is 4.59. The molecule has 2 amide bonds. The zero-order valence-corrected chi connectivity index (χ0v) is 17.5. The Hall–Kier alpha value is -2.05. The summed E-state index contributed by atoms with van der Waals surface area (Å²) in [4.78, 5) is 27.8. The van der Waals surface area contributed by atoms with Crippen LogP contribution in [0, 0.1) is 5.82 Å². The van der Waals surface area contributed by atoms with Gasteiger partial charge in [-0.25, -0.2) is 4.39 Å². The number of nitrogens with zero attached hydrogens (tertiary/aromatic N) is 1. The molecule has 2 unspecified atom stereocenters. The van der Waals surface area contributed by atoms with Gasteiger partial charge in [-0.15, -0.1) is 11.8 Å². The van der Waals surface area contributed by atoms with Crippen molar-refractivity contribution in [3.63, 3.8) is 0 Å². The minimum Gasteiger partial charge on any atom is -0.350 e. The van der Waals surface area contributed by atoms with Crippen molar-refractivity contribution in [3.8, 4) is 0 Å². The maximum Gasteiger partial charge on any atom is 0.255 e. The Kier molecular flexibility index (Phi) is 6.01. The fraction of sp³-hybridized carbons (Fsp3) is 0.333. The van der Waals surface area contributed by atoms with Crippen LogP contribution in [0.2, 0.25) is 5.02 Å². The predicted octanol–water partition coefficient (Wildman–Crippen LogP) is 4.65. The first-order chi connectivity index (χ1) is 13.2. The quantitative estimate of drug-likeness (QED) is 0.786. The van der Waals surface area contributed by atoms with Crippen LogP contribution in [0.5, 0.6) is 0 Å². The Balaban J connectivity index is 1.96. The summed E-state index contributed by atoms with van der Waals surface area (Å²) in [5, 5.41) is 3.12. The second-order valence-corrected chi connectivity index (χ2v) is 9.26. The van der Waals surface area contributed by atoms with E-state index in [4.69, 9.17) is 11.6 Å². The van der Waals surface area contributed by atoms with Gasteiger partial charge in [0.2, 0.25) is 5.91 Å². The molecule has 0 saturated carbocycles. The summed E-state index contributed by atoms with van der Waals surface area (Å²) in [7, 11) is 0. The molecule has 1 fully saturated rings. The number of nitrogens with one attached hydrogen (secondary N) is 1. The van der Waals surface area contributed by atoms with Gasteiger partial charge >= 0.3 is 0 Å². The molecule has 0 spiro atoms. The number of benzene rings is 2. The van der Waals surface area contributed by atoms with Crippen molar-refractivity contribution in [2.24, 2.45) is 0 Å². The number of thioether (sulfide) groups is 1. The van der Waals surface area contributed by atoms with Crippen molar-refractivity contribution in [2.45, 2.75) is 37.7 Å². The average molecular weight is 421 g/mol. The molecule has 2 aromatic carbocycles. The van der Waals surface area contributed by atoms with Crippen molar-refractivity contribution >= 4 is 35.2 Å². The van der Waals surface area contributed by atoms with Gasteiger partial charge < -0.3 is 10.2 Å². The van der Waals surface area contributed by atoms with Gasteiger partial charge in [0, 0.05) is 21.9 Å². The van der Waals surface area contributed by atoms with E-state index in [9.17, 15) is 14.0 Å². The van der Waals surface area contributed by atoms with Crippen LogP contribution in [0.1, 0.15) is 42.1 Å². The van der Waals surface area contributed by atoms with Gasteiger partial charge in [0.1, 0.15) is 17.2 Å². The van der Waals surface area contributed by atoms with Crippen molar-refractivity contribution < 1.29 is 14.0 Å². The van der Waals surface area contributed by atoms with E-state index in [1.165, 1.54) is 23.9 Å². The van der Waals surface area contributed by atoms with E-state index in [2.05, 4.69) is 5.32 Å². The highest BCUT2D eigenvalue weighted by Gasteiger charge is 2.43. The first-order valence-electron chi connectivity index (χ1n) is 8.93. The third-order valence-electron chi connectivity index (χ3n) is 4.28. The average Bonchev–Trinajstić information content (AvgIpc) is 3.06. The molecule has 4 nitrogen and oxygen atoms in total. The molecule has 0 aromatic heterocycles. The van der Waals surface area contributed by atoms with Gasteiger partial charge in [-0.3, -0.25) is 9.59 Å². The van der Waals surface area contributed by atoms with Crippen molar-refractivity contribution in [3.05, 3.63) is 70.5 Å². The van der Waals surface area contributed by atoms with Crippen molar-refractivity contribution in [1.29, 1.82) is 0 Å². The molecule has 3 rings (SSSR count). The number of hydrogen-bond acceptors (Lipinski definition) is 3. The van der Waals surface area contributed by atoms with E-state index in [1.807, 2.05) is 20.8 Å². The molecule has 7 heteroatoms. The molecule has 1 heterocycles. The van der Waals surface area contributed by atoms with Crippen LogP contribution in [0.4, 0.5) is 4.39 Å². The summed E-state index contributed by atoms with van der Waals surface area (Å²) in [6.07, 6.45) is 0. The SMILES string of the molecule is CC(C)(C)NC(=O)C1CSC(c2ccc(F)cc2)N1C(=O)c1ccc(Cl)cc1. The Bertz CT molecular complexity index is 865. The number of amides is 2. The highest BCUT2D eigenvalue weighted by molar-refractivity contribution is 7.99. The number of carbonyl (C=O) groups excluding carboxylic acids is 2. The monoisotopic (exact) mass is 420 g/mol. The summed E-state index contributed by atoms with van der Waals surface area (Å²) < 4.78 is 13.4. The largest absolute Gasteiger partial charge is 0.350 e. The first kappa shape index (κ1) is 20.7. The van der Waals surface area contributed by atoms with Crippen molar-refractivity contribution in [2.75, 3.05) is 5.75 Å². The Morgan fingerprint density at radius 3 is 2.29 bits per heavy atom. The lowest BCUT2D eigenvalue weighted by Crippen LogP contribution is -2.52. The molecular weight excluding hydrogens is 399 g/mol. The molecule has 0 aliphatic carbocycles. The van der Waals surface area contributed by atoms with Gasteiger partial charge in [-0.05, 0) is 62.7 Å². The molecule has 148 valence electrons. The van der Waals surface area contributed by atoms with Crippen LogP contribution >= 0.6 is 23.4 Å². The van der Waals surface area contributed by atoms with Crippen LogP contribution in [0.15, 0.2) is 48.5 Å². The zero-order valence-electron chi connectivity index (χ0n) is 15.9. The molecule has 1 N–H and O–H groups in total. The number of halogens is 2. The second kappa shape index (κ2) is 8.13. The number of rotatable bonds is 3. The lowest BCUT2D eigenvalue weighted by molar-refractivity contribution is -0.126. The summed E-state index contributed by atoms with van der Waals surface area (Å²) in [6.45, 7) is 5.70. The van der Waals surface area contributed by atoms with E-state index in [1.54, 1.807) is 41.3 Å². The Morgan fingerprint density at radius 1 is 1.11 bits per heavy atom. The molecule has 28 heavy (non-hydrogen) atoms. The summed E-state index contributed by atoms with van der Waals surface area (Å²) >= 11 is 7.43. The molecule has 1 saturated heterocycles. The first-order valence-corrected chi connectivity index (χ1v) is 10.4. The molecule has 0 radical (unpaired) electrons. The molecular formula is C21H22ClFN2O2S. The molecule has 1 aliphatic heterocycles.